The van der Waals surface area contributed by atoms with Gasteiger partial charge in [-0.2, -0.15) is 0 Å². The average Bonchev–Trinajstić information content (AvgIpc) is 3.07. The predicted molar refractivity (Wildman–Crippen MR) is 192 cm³/mol. The van der Waals surface area contributed by atoms with E-state index < -0.39 is 28.5 Å². The van der Waals surface area contributed by atoms with Gasteiger partial charge in [0.15, 0.2) is 0 Å². The summed E-state index contributed by atoms with van der Waals surface area (Å²) in [4.78, 5) is 29.9. The van der Waals surface area contributed by atoms with Gasteiger partial charge in [-0.1, -0.05) is 96.7 Å². The van der Waals surface area contributed by atoms with Gasteiger partial charge in [0.05, 0.1) is 17.2 Å². The summed E-state index contributed by atoms with van der Waals surface area (Å²) in [6, 6.07) is 25.5. The minimum Gasteiger partial charge on any atom is -0.492 e. The molecule has 0 aliphatic rings. The molecule has 0 unspecified atom stereocenters. The number of hydrogen-bond donors (Lipinski definition) is 1. The van der Waals surface area contributed by atoms with Gasteiger partial charge in [0.25, 0.3) is 10.0 Å². The van der Waals surface area contributed by atoms with E-state index in [-0.39, 0.29) is 41.8 Å². The number of halogens is 3. The van der Waals surface area contributed by atoms with Crippen molar-refractivity contribution in [1.82, 2.24) is 10.2 Å². The zero-order valence-electron chi connectivity index (χ0n) is 26.7. The Bertz CT molecular complexity index is 1770. The van der Waals surface area contributed by atoms with E-state index >= 15 is 0 Å². The van der Waals surface area contributed by atoms with Crippen LogP contribution in [0.25, 0.3) is 0 Å². The fraction of sp³-hybridized carbons (Fsp3) is 0.278. The number of nitrogens with one attached hydrogen (secondary N) is 1. The lowest BCUT2D eigenvalue weighted by atomic mass is 10.0. The SMILES string of the molecule is CCCCNC(=O)[C@H](Cc1ccccc1)N(Cc1c(Cl)cccc1Cl)C(=O)CN(c1ccccc1OCC)S(=O)(=O)c1ccc(Cl)cc1. The van der Waals surface area contributed by atoms with E-state index in [2.05, 4.69) is 5.32 Å². The maximum Gasteiger partial charge on any atom is 0.264 e. The molecule has 4 aromatic rings. The zero-order valence-corrected chi connectivity index (χ0v) is 29.8. The smallest absolute Gasteiger partial charge is 0.264 e. The normalized spacial score (nSPS) is 11.9. The van der Waals surface area contributed by atoms with Crippen LogP contribution in [-0.2, 0) is 32.6 Å². The third-order valence-corrected chi connectivity index (χ3v) is 10.3. The number of anilines is 1. The number of benzene rings is 4. The molecule has 8 nitrogen and oxygen atoms in total. The molecule has 0 bridgehead atoms. The Balaban J connectivity index is 1.86. The molecule has 0 fully saturated rings. The minimum absolute atomic E-state index is 0.0788. The Morgan fingerprint density at radius 1 is 0.833 bits per heavy atom. The molecule has 0 heterocycles. The van der Waals surface area contributed by atoms with E-state index in [0.717, 1.165) is 22.7 Å². The number of carbonyl (C=O) groups excluding carboxylic acids is 2. The quantitative estimate of drug-likeness (QED) is 0.119. The van der Waals surface area contributed by atoms with Gasteiger partial charge in [-0.25, -0.2) is 8.42 Å². The van der Waals surface area contributed by atoms with Gasteiger partial charge in [-0.05, 0) is 67.4 Å². The molecule has 12 heteroatoms. The number of rotatable bonds is 16. The highest BCUT2D eigenvalue weighted by molar-refractivity contribution is 7.92. The number of para-hydroxylation sites is 2. The maximum absolute atomic E-state index is 14.7. The van der Waals surface area contributed by atoms with Gasteiger partial charge in [0.2, 0.25) is 11.8 Å². The van der Waals surface area contributed by atoms with Crippen LogP contribution < -0.4 is 14.4 Å². The number of hydrogen-bond acceptors (Lipinski definition) is 5. The first-order valence-corrected chi connectivity index (χ1v) is 18.2. The van der Waals surface area contributed by atoms with Crippen LogP contribution in [0.1, 0.15) is 37.8 Å². The van der Waals surface area contributed by atoms with Crippen molar-refractivity contribution < 1.29 is 22.7 Å². The van der Waals surface area contributed by atoms with Crippen LogP contribution in [0.2, 0.25) is 15.1 Å². The second kappa shape index (κ2) is 17.6. The molecule has 0 aliphatic heterocycles. The summed E-state index contributed by atoms with van der Waals surface area (Å²) in [6.45, 7) is 3.64. The van der Waals surface area contributed by atoms with Crippen molar-refractivity contribution in [3.63, 3.8) is 0 Å². The van der Waals surface area contributed by atoms with Crippen molar-refractivity contribution in [2.75, 3.05) is 24.0 Å². The third kappa shape index (κ3) is 9.44. The summed E-state index contributed by atoms with van der Waals surface area (Å²) in [5, 5.41) is 3.92. The molecule has 1 atom stereocenters. The molecule has 2 amide bonds. The summed E-state index contributed by atoms with van der Waals surface area (Å²) in [6.07, 6.45) is 1.76. The van der Waals surface area contributed by atoms with E-state index in [9.17, 15) is 18.0 Å². The second-order valence-electron chi connectivity index (χ2n) is 10.9. The number of amides is 2. The molecule has 254 valence electrons. The zero-order chi connectivity index (χ0) is 34.7. The molecule has 0 saturated heterocycles. The highest BCUT2D eigenvalue weighted by atomic mass is 35.5. The average molecular weight is 731 g/mol. The number of sulfonamides is 1. The highest BCUT2D eigenvalue weighted by Crippen LogP contribution is 2.34. The Morgan fingerprint density at radius 3 is 2.12 bits per heavy atom. The van der Waals surface area contributed by atoms with Crippen molar-refractivity contribution >= 4 is 62.3 Å². The molecule has 0 radical (unpaired) electrons. The molecule has 0 aliphatic carbocycles. The molecular formula is C36H38Cl3N3O5S. The number of carbonyl (C=O) groups is 2. The van der Waals surface area contributed by atoms with E-state index in [1.807, 2.05) is 37.3 Å². The van der Waals surface area contributed by atoms with Crippen molar-refractivity contribution in [3.8, 4) is 5.75 Å². The summed E-state index contributed by atoms with van der Waals surface area (Å²) < 4.78 is 35.5. The van der Waals surface area contributed by atoms with Crippen LogP contribution in [0.5, 0.6) is 5.75 Å². The largest absolute Gasteiger partial charge is 0.492 e. The fourth-order valence-corrected chi connectivity index (χ4v) is 7.17. The maximum atomic E-state index is 14.7. The molecule has 48 heavy (non-hydrogen) atoms. The monoisotopic (exact) mass is 729 g/mol. The highest BCUT2D eigenvalue weighted by Gasteiger charge is 2.36. The molecule has 0 spiro atoms. The summed E-state index contributed by atoms with van der Waals surface area (Å²) in [7, 11) is -4.36. The third-order valence-electron chi connectivity index (χ3n) is 7.61. The van der Waals surface area contributed by atoms with Gasteiger partial charge >= 0.3 is 0 Å². The van der Waals surface area contributed by atoms with Gasteiger partial charge in [-0.15, -0.1) is 0 Å². The Hall–Kier alpha value is -3.76. The molecular weight excluding hydrogens is 693 g/mol. The first-order valence-electron chi connectivity index (χ1n) is 15.6. The van der Waals surface area contributed by atoms with Gasteiger partial charge in [-0.3, -0.25) is 13.9 Å². The lowest BCUT2D eigenvalue weighted by Gasteiger charge is -2.34. The number of ether oxygens (including phenoxy) is 1. The van der Waals surface area contributed by atoms with Crippen LogP contribution in [0.4, 0.5) is 5.69 Å². The van der Waals surface area contributed by atoms with Crippen molar-refractivity contribution in [1.29, 1.82) is 0 Å². The Labute approximate surface area is 297 Å². The van der Waals surface area contributed by atoms with Crippen LogP contribution in [0.3, 0.4) is 0 Å². The Morgan fingerprint density at radius 2 is 1.48 bits per heavy atom. The standard InChI is InChI=1S/C36H38Cl3N3O5S/c1-3-5-22-40-36(44)33(23-26-12-7-6-8-13-26)41(24-29-30(38)14-11-15-31(29)39)35(43)25-42(32-16-9-10-17-34(32)47-4-2)48(45,46)28-20-18-27(37)19-21-28/h6-21,33H,3-5,22-25H2,1-2H3,(H,40,44)/t33-/m0/s1. The van der Waals surface area contributed by atoms with Gasteiger partial charge < -0.3 is 15.0 Å². The first kappa shape index (κ1) is 37.1. The van der Waals surface area contributed by atoms with Crippen molar-refractivity contribution in [3.05, 3.63) is 123 Å². The predicted octanol–water partition coefficient (Wildman–Crippen LogP) is 7.80. The topological polar surface area (TPSA) is 96.0 Å². The number of nitrogens with zero attached hydrogens (tertiary/aromatic N) is 2. The van der Waals surface area contributed by atoms with E-state index in [4.69, 9.17) is 39.5 Å². The lowest BCUT2D eigenvalue weighted by molar-refractivity contribution is -0.140. The first-order chi connectivity index (χ1) is 23.1. The second-order valence-corrected chi connectivity index (χ2v) is 14.1. The lowest BCUT2D eigenvalue weighted by Crippen LogP contribution is -2.53. The number of unbranched alkanes of at least 4 members (excludes halogenated alkanes) is 1. The van der Waals surface area contributed by atoms with E-state index in [1.54, 1.807) is 49.4 Å². The molecule has 4 rings (SSSR count). The van der Waals surface area contributed by atoms with Gasteiger partial charge in [0.1, 0.15) is 18.3 Å². The Kier molecular flexibility index (Phi) is 13.6. The van der Waals surface area contributed by atoms with Crippen LogP contribution in [0.15, 0.2) is 102 Å². The minimum atomic E-state index is -4.36. The van der Waals surface area contributed by atoms with E-state index in [0.29, 0.717) is 27.2 Å². The molecule has 4 aromatic carbocycles. The molecule has 0 aromatic heterocycles. The van der Waals surface area contributed by atoms with Gasteiger partial charge in [0, 0.05) is 40.1 Å². The van der Waals surface area contributed by atoms with Crippen LogP contribution in [-0.4, -0.2) is 50.9 Å². The molecule has 0 saturated carbocycles. The van der Waals surface area contributed by atoms with Crippen molar-refractivity contribution in [2.24, 2.45) is 0 Å². The fourth-order valence-electron chi connectivity index (χ4n) is 5.10. The van der Waals surface area contributed by atoms with Crippen LogP contribution >= 0.6 is 34.8 Å². The molecule has 1 N–H and O–H groups in total. The summed E-state index contributed by atoms with van der Waals surface area (Å²) in [5.41, 5.74) is 1.39. The van der Waals surface area contributed by atoms with Crippen LogP contribution in [0, 0.1) is 0 Å². The summed E-state index contributed by atoms with van der Waals surface area (Å²) >= 11 is 19.3. The van der Waals surface area contributed by atoms with Crippen molar-refractivity contribution in [2.45, 2.75) is 50.6 Å². The summed E-state index contributed by atoms with van der Waals surface area (Å²) in [5.74, 6) is -0.767. The van der Waals surface area contributed by atoms with E-state index in [1.165, 1.54) is 29.2 Å².